The summed E-state index contributed by atoms with van der Waals surface area (Å²) in [7, 11) is 1.47. The Morgan fingerprint density at radius 2 is 1.58 bits per heavy atom. The average Bonchev–Trinajstić information content (AvgIpc) is 2.81. The zero-order chi connectivity index (χ0) is 28.8. The number of hydrogen-bond donors (Lipinski definition) is 2. The summed E-state index contributed by atoms with van der Waals surface area (Å²) in [6, 6.07) is 5.16. The van der Waals surface area contributed by atoms with E-state index in [0.717, 1.165) is 29.8 Å². The van der Waals surface area contributed by atoms with Crippen molar-refractivity contribution in [2.75, 3.05) is 26.7 Å². The van der Waals surface area contributed by atoms with E-state index in [2.05, 4.69) is 10.6 Å². The summed E-state index contributed by atoms with van der Waals surface area (Å²) < 4.78 is 82.9. The van der Waals surface area contributed by atoms with Crippen molar-refractivity contribution < 1.29 is 35.9 Å². The third-order valence-corrected chi connectivity index (χ3v) is 6.14. The Hall–Kier alpha value is -3.50. The van der Waals surface area contributed by atoms with Crippen LogP contribution in [0.2, 0.25) is 0 Å². The van der Waals surface area contributed by atoms with Gasteiger partial charge in [0.1, 0.15) is 0 Å². The monoisotopic (exact) mass is 543 g/mol. The minimum atomic E-state index is -4.93. The normalized spacial score (nSPS) is 12.9. The predicted molar refractivity (Wildman–Crippen MR) is 134 cm³/mol. The van der Waals surface area contributed by atoms with Crippen LogP contribution < -0.4 is 10.6 Å². The molecule has 0 saturated heterocycles. The lowest BCUT2D eigenvalue weighted by molar-refractivity contribution is -0.139. The number of carbonyl (C=O) groups is 2. The number of alkyl halides is 6. The first kappa shape index (κ1) is 30.7. The fourth-order valence-corrected chi connectivity index (χ4v) is 3.78. The van der Waals surface area contributed by atoms with Crippen LogP contribution in [0, 0.1) is 20.8 Å². The van der Waals surface area contributed by atoms with E-state index >= 15 is 0 Å². The van der Waals surface area contributed by atoms with E-state index in [4.69, 9.17) is 0 Å². The number of nitrogens with zero attached hydrogens (tertiary/aromatic N) is 1. The number of nitrogens with one attached hydrogen (secondary N) is 2. The van der Waals surface area contributed by atoms with E-state index in [-0.39, 0.29) is 24.2 Å². The van der Waals surface area contributed by atoms with E-state index in [1.165, 1.54) is 24.1 Å². The average molecular weight is 544 g/mol. The summed E-state index contributed by atoms with van der Waals surface area (Å²) in [5.41, 5.74) is 0.105. The number of amides is 3. The van der Waals surface area contributed by atoms with Gasteiger partial charge in [0.15, 0.2) is 0 Å². The van der Waals surface area contributed by atoms with Gasteiger partial charge in [-0.1, -0.05) is 30.4 Å². The van der Waals surface area contributed by atoms with Crippen molar-refractivity contribution in [3.63, 3.8) is 0 Å². The third kappa shape index (κ3) is 8.00. The molecule has 0 aliphatic carbocycles. The molecule has 1 atom stereocenters. The molecule has 0 aromatic heterocycles. The van der Waals surface area contributed by atoms with Gasteiger partial charge < -0.3 is 15.5 Å². The maximum Gasteiger partial charge on any atom is 0.417 e. The zero-order valence-electron chi connectivity index (χ0n) is 21.8. The van der Waals surface area contributed by atoms with Crippen LogP contribution in [0.5, 0.6) is 0 Å². The molecule has 2 aromatic carbocycles. The first-order chi connectivity index (χ1) is 17.6. The lowest BCUT2D eigenvalue weighted by Gasteiger charge is -2.20. The Morgan fingerprint density at radius 1 is 0.974 bits per heavy atom. The van der Waals surface area contributed by atoms with Gasteiger partial charge in [-0.05, 0) is 67.6 Å². The van der Waals surface area contributed by atoms with Gasteiger partial charge in [-0.15, -0.1) is 0 Å². The molecule has 1 unspecified atom stereocenters. The third-order valence-electron chi connectivity index (χ3n) is 6.14. The van der Waals surface area contributed by atoms with Gasteiger partial charge in [-0.25, -0.2) is 4.79 Å². The Labute approximate surface area is 217 Å². The molecule has 2 N–H and O–H groups in total. The first-order valence-electron chi connectivity index (χ1n) is 11.9. The molecule has 38 heavy (non-hydrogen) atoms. The molecule has 0 spiro atoms. The van der Waals surface area contributed by atoms with Gasteiger partial charge in [0.05, 0.1) is 17.0 Å². The summed E-state index contributed by atoms with van der Waals surface area (Å²) in [4.78, 5) is 25.4. The van der Waals surface area contributed by atoms with E-state index in [0.29, 0.717) is 23.7 Å². The van der Waals surface area contributed by atoms with Crippen LogP contribution in [0.3, 0.4) is 0 Å². The fourth-order valence-electron chi connectivity index (χ4n) is 3.78. The molecule has 5 nitrogen and oxygen atoms in total. The molecular weight excluding hydrogens is 512 g/mol. The molecule has 0 aliphatic heterocycles. The Kier molecular flexibility index (Phi) is 9.99. The van der Waals surface area contributed by atoms with E-state index in [1.54, 1.807) is 27.7 Å². The number of allylic oxidation sites excluding steroid dienone is 1. The van der Waals surface area contributed by atoms with Crippen molar-refractivity contribution in [3.8, 4) is 0 Å². The molecule has 0 heterocycles. The molecule has 0 aliphatic rings. The largest absolute Gasteiger partial charge is 0.417 e. The topological polar surface area (TPSA) is 61.4 Å². The second-order valence-corrected chi connectivity index (χ2v) is 8.97. The van der Waals surface area contributed by atoms with Crippen LogP contribution in [-0.2, 0) is 6.18 Å². The summed E-state index contributed by atoms with van der Waals surface area (Å²) in [5.74, 6) is -3.05. The molecule has 0 saturated carbocycles. The Morgan fingerprint density at radius 3 is 2.11 bits per heavy atom. The highest BCUT2D eigenvalue weighted by Gasteiger charge is 2.39. The molecule has 0 radical (unpaired) electrons. The fraction of sp³-hybridized carbons (Fsp3) is 0.407. The number of aryl methyl sites for hydroxylation is 2. The molecule has 3 amide bonds. The number of carbonyl (C=O) groups excluding carboxylic acids is 2. The molecule has 208 valence electrons. The highest BCUT2D eigenvalue weighted by molar-refractivity contribution is 5.96. The van der Waals surface area contributed by atoms with E-state index in [1.807, 2.05) is 0 Å². The Bertz CT molecular complexity index is 1170. The smallest absolute Gasteiger partial charge is 0.350 e. The molecule has 2 aromatic rings. The number of urea groups is 1. The minimum Gasteiger partial charge on any atom is -0.350 e. The second-order valence-electron chi connectivity index (χ2n) is 8.97. The minimum absolute atomic E-state index is 0.0148. The lowest BCUT2D eigenvalue weighted by Crippen LogP contribution is -2.41. The molecule has 0 fully saturated rings. The number of likely N-dealkylation sites (N-methyl/N-ethyl adjacent to an activating group) is 1. The van der Waals surface area contributed by atoms with Crippen molar-refractivity contribution in [2.24, 2.45) is 0 Å². The highest BCUT2D eigenvalue weighted by atomic mass is 19.4. The number of halogens is 6. The molecular formula is C27H31F6N3O2. The highest BCUT2D eigenvalue weighted by Crippen LogP contribution is 2.38. The van der Waals surface area contributed by atoms with Crippen molar-refractivity contribution in [1.82, 2.24) is 15.5 Å². The number of benzene rings is 2. The zero-order valence-corrected chi connectivity index (χ0v) is 21.8. The van der Waals surface area contributed by atoms with Crippen LogP contribution in [0.15, 0.2) is 36.4 Å². The predicted octanol–water partition coefficient (Wildman–Crippen LogP) is 6.38. The van der Waals surface area contributed by atoms with Crippen LogP contribution in [0.25, 0.3) is 6.08 Å². The van der Waals surface area contributed by atoms with Crippen LogP contribution in [-0.4, -0.2) is 49.7 Å². The van der Waals surface area contributed by atoms with Crippen molar-refractivity contribution in [3.05, 3.63) is 75.4 Å². The van der Waals surface area contributed by atoms with E-state index < -0.39 is 41.3 Å². The SMILES string of the molecule is CCNC(=O)N(C)CCNC(=O)c1ccc(/C=C/C(c2cc(C)c(C)c(C)c2)C(F)(F)F)cc1C(F)(F)F. The number of rotatable bonds is 8. The second kappa shape index (κ2) is 12.4. The van der Waals surface area contributed by atoms with Crippen LogP contribution in [0.1, 0.15) is 56.6 Å². The standard InChI is InChI=1S/C27H31F6N3O2/c1-6-34-25(38)36(5)12-11-35-24(37)21-9-7-19(15-23(21)27(31,32)33)8-10-22(26(28,29)30)20-13-16(2)18(4)17(3)14-20/h7-10,13-15,22H,6,11-12H2,1-5H3,(H,34,38)(H,35,37)/b10-8+. The molecule has 11 heteroatoms. The number of hydrogen-bond acceptors (Lipinski definition) is 2. The summed E-state index contributed by atoms with van der Waals surface area (Å²) in [5, 5.41) is 4.88. The van der Waals surface area contributed by atoms with Crippen molar-refractivity contribution >= 4 is 18.0 Å². The lowest BCUT2D eigenvalue weighted by atomic mass is 9.91. The maximum absolute atomic E-state index is 13.9. The summed E-state index contributed by atoms with van der Waals surface area (Å²) in [6.45, 7) is 7.24. The van der Waals surface area contributed by atoms with E-state index in [9.17, 15) is 35.9 Å². The van der Waals surface area contributed by atoms with Gasteiger partial charge in [0, 0.05) is 26.7 Å². The molecule has 0 bridgehead atoms. The van der Waals surface area contributed by atoms with Gasteiger partial charge >= 0.3 is 18.4 Å². The summed E-state index contributed by atoms with van der Waals surface area (Å²) >= 11 is 0. The Balaban J connectivity index is 2.32. The van der Waals surface area contributed by atoms with Gasteiger partial charge in [-0.2, -0.15) is 26.3 Å². The maximum atomic E-state index is 13.9. The van der Waals surface area contributed by atoms with Crippen molar-refractivity contribution in [2.45, 2.75) is 46.0 Å². The van der Waals surface area contributed by atoms with Crippen molar-refractivity contribution in [1.29, 1.82) is 0 Å². The molecule has 2 rings (SSSR count). The van der Waals surface area contributed by atoms with Gasteiger partial charge in [-0.3, -0.25) is 4.79 Å². The quantitative estimate of drug-likeness (QED) is 0.380. The summed E-state index contributed by atoms with van der Waals surface area (Å²) in [6.07, 6.45) is -7.81. The first-order valence-corrected chi connectivity index (χ1v) is 11.9. The van der Waals surface area contributed by atoms with Gasteiger partial charge in [0.25, 0.3) is 5.91 Å². The van der Waals surface area contributed by atoms with Crippen LogP contribution in [0.4, 0.5) is 31.1 Å². The van der Waals surface area contributed by atoms with Gasteiger partial charge in [0.2, 0.25) is 0 Å². The van der Waals surface area contributed by atoms with Crippen LogP contribution >= 0.6 is 0 Å².